The van der Waals surface area contributed by atoms with Gasteiger partial charge < -0.3 is 16.0 Å². The molecule has 0 bridgehead atoms. The fraction of sp³-hybridized carbons (Fsp3) is 0.500. The molecule has 1 aromatic heterocycles. The van der Waals surface area contributed by atoms with Gasteiger partial charge in [0.2, 0.25) is 11.8 Å². The Labute approximate surface area is 92.6 Å². The van der Waals surface area contributed by atoms with E-state index in [1.165, 1.54) is 0 Å². The van der Waals surface area contributed by atoms with Crippen molar-refractivity contribution >= 4 is 11.8 Å². The van der Waals surface area contributed by atoms with Gasteiger partial charge in [0.05, 0.1) is 18.6 Å². The van der Waals surface area contributed by atoms with Gasteiger partial charge in [-0.1, -0.05) is 0 Å². The summed E-state index contributed by atoms with van der Waals surface area (Å²) in [4.78, 5) is 29.4. The first-order valence-electron chi connectivity index (χ1n) is 5.24. The Morgan fingerprint density at radius 1 is 1.62 bits per heavy atom. The van der Waals surface area contributed by atoms with Crippen LogP contribution in [0.3, 0.4) is 0 Å². The van der Waals surface area contributed by atoms with Crippen molar-refractivity contribution in [1.82, 2.24) is 15.3 Å². The van der Waals surface area contributed by atoms with Gasteiger partial charge in [-0.3, -0.25) is 9.59 Å². The molecule has 1 heterocycles. The zero-order valence-electron chi connectivity index (χ0n) is 8.82. The van der Waals surface area contributed by atoms with Gasteiger partial charge in [-0.25, -0.2) is 4.98 Å². The third-order valence-corrected chi connectivity index (χ3v) is 2.80. The first kappa shape index (κ1) is 10.7. The molecule has 1 aliphatic rings. The molecule has 2 rings (SSSR count). The minimum Gasteiger partial charge on any atom is -0.368 e. The molecule has 0 radical (unpaired) electrons. The molecule has 1 aromatic rings. The van der Waals surface area contributed by atoms with Crippen molar-refractivity contribution in [3.8, 4) is 0 Å². The fourth-order valence-corrected chi connectivity index (χ4v) is 1.94. The largest absolute Gasteiger partial charge is 0.368 e. The maximum absolute atomic E-state index is 11.7. The highest BCUT2D eigenvalue weighted by Crippen LogP contribution is 2.22. The molecule has 0 saturated heterocycles. The van der Waals surface area contributed by atoms with Gasteiger partial charge in [0.25, 0.3) is 0 Å². The number of hydrogen-bond donors (Lipinski definition) is 3. The molecule has 1 aliphatic carbocycles. The van der Waals surface area contributed by atoms with E-state index in [-0.39, 0.29) is 18.4 Å². The van der Waals surface area contributed by atoms with E-state index in [1.807, 2.05) is 0 Å². The van der Waals surface area contributed by atoms with Crippen LogP contribution in [0.15, 0.2) is 6.33 Å². The Bertz CT molecular complexity index is 413. The standard InChI is InChI=1S/C10H14N4O2/c11-9(15)4-12-10(16)6-1-2-7-8(3-6)14-5-13-7/h5-6H,1-4H2,(H2,11,15)(H,12,16)(H,13,14). The lowest BCUT2D eigenvalue weighted by atomic mass is 9.89. The summed E-state index contributed by atoms with van der Waals surface area (Å²) in [6.07, 6.45) is 3.87. The maximum atomic E-state index is 11.7. The maximum Gasteiger partial charge on any atom is 0.236 e. The van der Waals surface area contributed by atoms with Gasteiger partial charge in [-0.05, 0) is 12.8 Å². The molecule has 4 N–H and O–H groups in total. The zero-order chi connectivity index (χ0) is 11.5. The number of nitrogens with two attached hydrogens (primary N) is 1. The molecule has 1 unspecified atom stereocenters. The smallest absolute Gasteiger partial charge is 0.236 e. The van der Waals surface area contributed by atoms with Crippen molar-refractivity contribution in [2.75, 3.05) is 6.54 Å². The fourth-order valence-electron chi connectivity index (χ4n) is 1.94. The number of fused-ring (bicyclic) bond motifs is 1. The normalized spacial score (nSPS) is 18.9. The van der Waals surface area contributed by atoms with Crippen molar-refractivity contribution in [2.45, 2.75) is 19.3 Å². The third-order valence-electron chi connectivity index (χ3n) is 2.80. The minimum atomic E-state index is -0.522. The molecule has 0 fully saturated rings. The number of amides is 2. The Hall–Kier alpha value is -1.85. The molecule has 0 aliphatic heterocycles. The second kappa shape index (κ2) is 4.34. The average molecular weight is 222 g/mol. The summed E-state index contributed by atoms with van der Waals surface area (Å²) < 4.78 is 0. The van der Waals surface area contributed by atoms with Crippen molar-refractivity contribution in [1.29, 1.82) is 0 Å². The molecule has 0 spiro atoms. The van der Waals surface area contributed by atoms with E-state index in [0.29, 0.717) is 6.42 Å². The van der Waals surface area contributed by atoms with E-state index >= 15 is 0 Å². The van der Waals surface area contributed by atoms with Crippen molar-refractivity contribution in [2.24, 2.45) is 11.7 Å². The number of nitrogens with one attached hydrogen (secondary N) is 2. The quantitative estimate of drug-likeness (QED) is 0.618. The lowest BCUT2D eigenvalue weighted by Crippen LogP contribution is -2.39. The van der Waals surface area contributed by atoms with Crippen LogP contribution in [0.25, 0.3) is 0 Å². The number of H-pyrrole nitrogens is 1. The van der Waals surface area contributed by atoms with E-state index in [0.717, 1.165) is 24.2 Å². The summed E-state index contributed by atoms with van der Waals surface area (Å²) in [5, 5.41) is 2.53. The Morgan fingerprint density at radius 3 is 3.19 bits per heavy atom. The summed E-state index contributed by atoms with van der Waals surface area (Å²) in [7, 11) is 0. The predicted octanol–water partition coefficient (Wildman–Crippen LogP) is -0.884. The summed E-state index contributed by atoms with van der Waals surface area (Å²) >= 11 is 0. The molecule has 6 heteroatoms. The highest BCUT2D eigenvalue weighted by Gasteiger charge is 2.25. The lowest BCUT2D eigenvalue weighted by molar-refractivity contribution is -0.128. The summed E-state index contributed by atoms with van der Waals surface area (Å²) in [6, 6.07) is 0. The van der Waals surface area contributed by atoms with Crippen molar-refractivity contribution < 1.29 is 9.59 Å². The van der Waals surface area contributed by atoms with E-state index < -0.39 is 5.91 Å². The van der Waals surface area contributed by atoms with E-state index in [1.54, 1.807) is 6.33 Å². The molecule has 0 aromatic carbocycles. The Kier molecular flexibility index (Phi) is 2.89. The number of aromatic nitrogens is 2. The highest BCUT2D eigenvalue weighted by atomic mass is 16.2. The summed E-state index contributed by atoms with van der Waals surface area (Å²) in [6.45, 7) is -0.0921. The monoisotopic (exact) mass is 222 g/mol. The molecule has 86 valence electrons. The molecule has 2 amide bonds. The van der Waals surface area contributed by atoms with Crippen LogP contribution in [-0.2, 0) is 22.4 Å². The third kappa shape index (κ3) is 2.21. The van der Waals surface area contributed by atoms with E-state index in [4.69, 9.17) is 5.73 Å². The molecule has 16 heavy (non-hydrogen) atoms. The number of primary amides is 1. The van der Waals surface area contributed by atoms with Crippen LogP contribution in [-0.4, -0.2) is 28.3 Å². The Balaban J connectivity index is 1.93. The zero-order valence-corrected chi connectivity index (χ0v) is 8.82. The van der Waals surface area contributed by atoms with Crippen LogP contribution in [0.4, 0.5) is 0 Å². The molecule has 0 saturated carbocycles. The Morgan fingerprint density at radius 2 is 2.44 bits per heavy atom. The van der Waals surface area contributed by atoms with Crippen LogP contribution in [0.1, 0.15) is 17.8 Å². The van der Waals surface area contributed by atoms with E-state index in [9.17, 15) is 9.59 Å². The number of nitrogens with zero attached hydrogens (tertiary/aromatic N) is 1. The summed E-state index contributed by atoms with van der Waals surface area (Å²) in [5.41, 5.74) is 7.02. The average Bonchev–Trinajstić information content (AvgIpc) is 2.72. The van der Waals surface area contributed by atoms with Gasteiger partial charge in [-0.15, -0.1) is 0 Å². The second-order valence-electron chi connectivity index (χ2n) is 3.95. The van der Waals surface area contributed by atoms with Crippen LogP contribution < -0.4 is 11.1 Å². The first-order valence-corrected chi connectivity index (χ1v) is 5.24. The van der Waals surface area contributed by atoms with Crippen molar-refractivity contribution in [3.05, 3.63) is 17.7 Å². The topological polar surface area (TPSA) is 101 Å². The number of imidazole rings is 1. The van der Waals surface area contributed by atoms with Crippen LogP contribution in [0, 0.1) is 5.92 Å². The molecule has 1 atom stereocenters. The number of hydrogen-bond acceptors (Lipinski definition) is 3. The van der Waals surface area contributed by atoms with Crippen LogP contribution in [0.5, 0.6) is 0 Å². The second-order valence-corrected chi connectivity index (χ2v) is 3.95. The van der Waals surface area contributed by atoms with Crippen LogP contribution >= 0.6 is 0 Å². The highest BCUT2D eigenvalue weighted by molar-refractivity contribution is 5.85. The van der Waals surface area contributed by atoms with Gasteiger partial charge in [-0.2, -0.15) is 0 Å². The predicted molar refractivity (Wildman–Crippen MR) is 56.3 cm³/mol. The number of carbonyl (C=O) groups is 2. The van der Waals surface area contributed by atoms with E-state index in [2.05, 4.69) is 15.3 Å². The van der Waals surface area contributed by atoms with Gasteiger partial charge in [0, 0.05) is 18.0 Å². The molecule has 6 nitrogen and oxygen atoms in total. The van der Waals surface area contributed by atoms with Gasteiger partial charge in [0.15, 0.2) is 0 Å². The lowest BCUT2D eigenvalue weighted by Gasteiger charge is -2.20. The number of aromatic amines is 1. The number of aryl methyl sites for hydroxylation is 1. The first-order chi connectivity index (χ1) is 7.66. The van der Waals surface area contributed by atoms with Crippen LogP contribution in [0.2, 0.25) is 0 Å². The number of carbonyl (C=O) groups excluding carboxylic acids is 2. The minimum absolute atomic E-state index is 0.0905. The van der Waals surface area contributed by atoms with Crippen molar-refractivity contribution in [3.63, 3.8) is 0 Å². The molecular weight excluding hydrogens is 208 g/mol. The summed E-state index contributed by atoms with van der Waals surface area (Å²) in [5.74, 6) is -0.724. The SMILES string of the molecule is NC(=O)CNC(=O)C1CCc2nc[nH]c2C1. The van der Waals surface area contributed by atoms with Gasteiger partial charge >= 0.3 is 0 Å². The van der Waals surface area contributed by atoms with Gasteiger partial charge in [0.1, 0.15) is 0 Å². The number of rotatable bonds is 3. The molecular formula is C10H14N4O2.